The molecule has 0 spiro atoms. The molecule has 0 aromatic heterocycles. The molecule has 0 saturated heterocycles. The summed E-state index contributed by atoms with van der Waals surface area (Å²) in [5.41, 5.74) is -3.37. The Morgan fingerprint density at radius 2 is 1.80 bits per heavy atom. The summed E-state index contributed by atoms with van der Waals surface area (Å²) in [6.45, 7) is 0. The molecule has 0 N–H and O–H groups in total. The van der Waals surface area contributed by atoms with Crippen molar-refractivity contribution in [3.8, 4) is 0 Å². The van der Waals surface area contributed by atoms with Gasteiger partial charge in [-0.05, 0) is 0 Å². The summed E-state index contributed by atoms with van der Waals surface area (Å²) >= 11 is -2.87. The number of aryl methyl sites for hydroxylation is 1. The fourth-order valence-corrected chi connectivity index (χ4v) is 7.34. The first kappa shape index (κ1) is 15.8. The van der Waals surface area contributed by atoms with E-state index >= 15 is 0 Å². The normalized spacial score (nSPS) is 26.6. The number of rotatable bonds is 3. The monoisotopic (exact) mass is 378 g/mol. The zero-order valence-electron chi connectivity index (χ0n) is 10.5. The Bertz CT molecular complexity index is 602. The van der Waals surface area contributed by atoms with Crippen molar-refractivity contribution in [1.29, 1.82) is 0 Å². The summed E-state index contributed by atoms with van der Waals surface area (Å²) < 4.78 is 66.7. The van der Waals surface area contributed by atoms with E-state index in [1.165, 1.54) is 0 Å². The van der Waals surface area contributed by atoms with Crippen molar-refractivity contribution in [3.63, 3.8) is 0 Å². The van der Waals surface area contributed by atoms with Crippen molar-refractivity contribution < 1.29 is 29.9 Å². The summed E-state index contributed by atoms with van der Waals surface area (Å²) in [6, 6.07) is 7.52. The fraction of sp³-hybridized carbons (Fsp3) is 0.455. The van der Waals surface area contributed by atoms with Gasteiger partial charge in [0.15, 0.2) is 0 Å². The summed E-state index contributed by atoms with van der Waals surface area (Å²) in [7, 11) is -5.70. The van der Waals surface area contributed by atoms with Crippen LogP contribution in [0, 0.1) is 0 Å². The number of benzene rings is 1. The number of halogens is 3. The minimum absolute atomic E-state index is 0.444. The van der Waals surface area contributed by atoms with E-state index in [-0.39, 0.29) is 0 Å². The Morgan fingerprint density at radius 1 is 1.20 bits per heavy atom. The van der Waals surface area contributed by atoms with E-state index in [9.17, 15) is 21.6 Å². The Hall–Kier alpha value is -0.601. The standard InChI is InChI=1S/C11H13F3O4SSe/c1-20(18-17-19(15,16)11(12,13)14)7-6-9-4-2-3-5-10(9)8-20/h2-5H,6-8H2,1H3. The van der Waals surface area contributed by atoms with Crippen LogP contribution < -0.4 is 0 Å². The average Bonchev–Trinajstić information content (AvgIpc) is 2.35. The first-order valence-electron chi connectivity index (χ1n) is 5.62. The average molecular weight is 377 g/mol. The molecule has 1 aromatic rings. The first-order valence-corrected chi connectivity index (χ1v) is 11.9. The third kappa shape index (κ3) is 3.35. The van der Waals surface area contributed by atoms with Crippen molar-refractivity contribution in [3.05, 3.63) is 35.4 Å². The molecule has 0 bridgehead atoms. The summed E-state index contributed by atoms with van der Waals surface area (Å²) in [4.78, 5) is 0. The van der Waals surface area contributed by atoms with Gasteiger partial charge in [0.25, 0.3) is 0 Å². The van der Waals surface area contributed by atoms with Crippen molar-refractivity contribution in [2.24, 2.45) is 0 Å². The molecule has 0 amide bonds. The van der Waals surface area contributed by atoms with Gasteiger partial charge >= 0.3 is 117 Å². The van der Waals surface area contributed by atoms with Crippen LogP contribution >= 0.6 is 0 Å². The van der Waals surface area contributed by atoms with E-state index in [0.717, 1.165) is 11.1 Å². The van der Waals surface area contributed by atoms with Gasteiger partial charge in [-0.2, -0.15) is 0 Å². The molecule has 2 rings (SSSR count). The van der Waals surface area contributed by atoms with Crippen LogP contribution in [0.2, 0.25) is 11.1 Å². The van der Waals surface area contributed by atoms with Crippen molar-refractivity contribution in [2.75, 3.05) is 0 Å². The van der Waals surface area contributed by atoms with Crippen LogP contribution in [-0.2, 0) is 30.2 Å². The molecule has 1 heterocycles. The van der Waals surface area contributed by atoms with E-state index in [0.29, 0.717) is 17.1 Å². The molecule has 20 heavy (non-hydrogen) atoms. The van der Waals surface area contributed by atoms with Gasteiger partial charge in [0.2, 0.25) is 0 Å². The molecular formula is C11H13F3O4SSe. The van der Waals surface area contributed by atoms with Crippen LogP contribution in [0.25, 0.3) is 0 Å². The van der Waals surface area contributed by atoms with Crippen LogP contribution in [0.15, 0.2) is 24.3 Å². The van der Waals surface area contributed by atoms with Gasteiger partial charge in [0, 0.05) is 0 Å². The fourth-order valence-electron chi connectivity index (χ4n) is 1.87. The molecule has 1 aliphatic rings. The van der Waals surface area contributed by atoms with Crippen molar-refractivity contribution in [2.45, 2.75) is 28.4 Å². The first-order chi connectivity index (χ1) is 9.13. The number of fused-ring (bicyclic) bond motifs is 1. The molecule has 0 radical (unpaired) electrons. The molecule has 1 aromatic carbocycles. The van der Waals surface area contributed by atoms with Gasteiger partial charge in [0.05, 0.1) is 0 Å². The van der Waals surface area contributed by atoms with Crippen LogP contribution in [-0.4, -0.2) is 27.1 Å². The molecule has 1 atom stereocenters. The van der Waals surface area contributed by atoms with E-state index in [2.05, 4.69) is 4.33 Å². The Kier molecular flexibility index (Phi) is 4.19. The number of hydrogen-bond acceptors (Lipinski definition) is 4. The topological polar surface area (TPSA) is 52.6 Å². The van der Waals surface area contributed by atoms with Crippen LogP contribution in [0.3, 0.4) is 0 Å². The van der Waals surface area contributed by atoms with Gasteiger partial charge < -0.3 is 0 Å². The van der Waals surface area contributed by atoms with Gasteiger partial charge in [-0.3, -0.25) is 0 Å². The zero-order chi connectivity index (χ0) is 15.0. The predicted octanol–water partition coefficient (Wildman–Crippen LogP) is 2.70. The van der Waals surface area contributed by atoms with Gasteiger partial charge in [-0.15, -0.1) is 0 Å². The van der Waals surface area contributed by atoms with Gasteiger partial charge in [-0.25, -0.2) is 0 Å². The van der Waals surface area contributed by atoms with E-state index < -0.39 is 28.8 Å². The van der Waals surface area contributed by atoms with Crippen LogP contribution in [0.5, 0.6) is 0 Å². The molecule has 1 unspecified atom stereocenters. The molecule has 0 fully saturated rings. The summed E-state index contributed by atoms with van der Waals surface area (Å²) in [5.74, 6) is 1.68. The quantitative estimate of drug-likeness (QED) is 0.352. The second-order valence-electron chi connectivity index (χ2n) is 4.59. The second kappa shape index (κ2) is 5.31. The molecule has 0 saturated carbocycles. The Morgan fingerprint density at radius 3 is 2.40 bits per heavy atom. The zero-order valence-corrected chi connectivity index (χ0v) is 13.0. The van der Waals surface area contributed by atoms with Gasteiger partial charge in [-0.1, -0.05) is 0 Å². The van der Waals surface area contributed by atoms with Crippen LogP contribution in [0.4, 0.5) is 13.2 Å². The third-order valence-corrected chi connectivity index (χ3v) is 8.96. The molecule has 0 aliphatic carbocycles. The minimum atomic E-state index is -5.70. The maximum atomic E-state index is 12.2. The molecular weight excluding hydrogens is 364 g/mol. The van der Waals surface area contributed by atoms with E-state index in [1.807, 2.05) is 24.3 Å². The predicted molar refractivity (Wildman–Crippen MR) is 67.4 cm³/mol. The maximum absolute atomic E-state index is 12.2. The number of hydrogen-bond donors (Lipinski definition) is 0. The SMILES string of the molecule is C[Se]1(OOS(=O)(=O)C(F)(F)F)CCc2ccccc2C1. The van der Waals surface area contributed by atoms with Crippen LogP contribution in [0.1, 0.15) is 11.1 Å². The Balaban J connectivity index is 2.08. The second-order valence-corrected chi connectivity index (χ2v) is 12.8. The third-order valence-electron chi connectivity index (χ3n) is 2.95. The molecule has 1 aliphatic heterocycles. The summed E-state index contributed by atoms with van der Waals surface area (Å²) in [5, 5.41) is 0.973. The number of alkyl halides is 3. The van der Waals surface area contributed by atoms with Crippen molar-refractivity contribution in [1.82, 2.24) is 0 Å². The molecule has 9 heteroatoms. The molecule has 114 valence electrons. The molecule has 4 nitrogen and oxygen atoms in total. The van der Waals surface area contributed by atoms with Gasteiger partial charge in [0.1, 0.15) is 0 Å². The summed E-state index contributed by atoms with van der Waals surface area (Å²) in [6.07, 6.45) is 0.655. The van der Waals surface area contributed by atoms with Crippen molar-refractivity contribution >= 4 is 23.3 Å². The Labute approximate surface area is 117 Å². The van der Waals surface area contributed by atoms with E-state index in [1.54, 1.807) is 5.82 Å². The van der Waals surface area contributed by atoms with E-state index in [4.69, 9.17) is 3.97 Å².